The number of nitrogens with one attached hydrogen (secondary N) is 1. The van der Waals surface area contributed by atoms with E-state index in [1.54, 1.807) is 4.90 Å². The van der Waals surface area contributed by atoms with E-state index in [1.807, 2.05) is 45.0 Å². The number of carbonyl (C=O) groups excluding carboxylic acids is 2. The lowest BCUT2D eigenvalue weighted by Crippen LogP contribution is -2.62. The van der Waals surface area contributed by atoms with Gasteiger partial charge in [-0.3, -0.25) is 9.59 Å². The first-order chi connectivity index (χ1) is 8.79. The molecule has 102 valence electrons. The maximum Gasteiger partial charge on any atom is 0.250 e. The number of halogens is 1. The van der Waals surface area contributed by atoms with Crippen LogP contribution in [0.5, 0.6) is 0 Å². The molecule has 1 heterocycles. The summed E-state index contributed by atoms with van der Waals surface area (Å²) < 4.78 is 1.10. The van der Waals surface area contributed by atoms with Crippen molar-refractivity contribution in [3.05, 3.63) is 27.8 Å². The molecule has 5 heteroatoms. The van der Waals surface area contributed by atoms with Gasteiger partial charge in [0, 0.05) is 9.26 Å². The lowest BCUT2D eigenvalue weighted by Gasteiger charge is -2.38. The molecule has 0 saturated carbocycles. The lowest BCUT2D eigenvalue weighted by atomic mass is 9.84. The molecule has 19 heavy (non-hydrogen) atoms. The number of hydrogen-bond acceptors (Lipinski definition) is 2. The summed E-state index contributed by atoms with van der Waals surface area (Å²) in [4.78, 5) is 25.9. The van der Waals surface area contributed by atoms with Crippen molar-refractivity contribution in [2.24, 2.45) is 5.41 Å². The first-order valence-electron chi connectivity index (χ1n) is 6.15. The molecule has 0 aliphatic carbocycles. The van der Waals surface area contributed by atoms with Crippen LogP contribution in [0.15, 0.2) is 24.3 Å². The number of piperazine rings is 1. The molecule has 1 aliphatic heterocycles. The van der Waals surface area contributed by atoms with Gasteiger partial charge in [-0.2, -0.15) is 0 Å². The summed E-state index contributed by atoms with van der Waals surface area (Å²) >= 11 is 2.21. The van der Waals surface area contributed by atoms with Crippen LogP contribution in [-0.2, 0) is 9.59 Å². The number of anilines is 1. The molecule has 1 aliphatic rings. The Morgan fingerprint density at radius 2 is 1.79 bits per heavy atom. The van der Waals surface area contributed by atoms with E-state index in [0.717, 1.165) is 9.26 Å². The normalized spacial score (nSPS) is 20.4. The number of carbonyl (C=O) groups is 2. The Bertz CT molecular complexity index is 505. The van der Waals surface area contributed by atoms with Crippen LogP contribution in [-0.4, -0.2) is 24.4 Å². The lowest BCUT2D eigenvalue weighted by molar-refractivity contribution is -0.133. The molecule has 0 spiro atoms. The van der Waals surface area contributed by atoms with E-state index in [-0.39, 0.29) is 23.8 Å². The van der Waals surface area contributed by atoms with E-state index >= 15 is 0 Å². The molecule has 1 N–H and O–H groups in total. The first kappa shape index (κ1) is 14.3. The summed E-state index contributed by atoms with van der Waals surface area (Å²) in [6, 6.07) is 7.13. The standard InChI is InChI=1S/C14H17IN2O2/c1-14(2,3)12-13(19)17(8-11(18)16-12)10-6-4-9(15)5-7-10/h4-7,12H,8H2,1-3H3,(H,16,18). The van der Waals surface area contributed by atoms with E-state index in [0.29, 0.717) is 0 Å². The van der Waals surface area contributed by atoms with Crippen LogP contribution in [0.3, 0.4) is 0 Å². The van der Waals surface area contributed by atoms with Crippen LogP contribution in [0.1, 0.15) is 20.8 Å². The molecule has 1 saturated heterocycles. The minimum Gasteiger partial charge on any atom is -0.342 e. The third-order valence-electron chi connectivity index (χ3n) is 3.12. The third kappa shape index (κ3) is 3.08. The van der Waals surface area contributed by atoms with Crippen LogP contribution in [0.4, 0.5) is 5.69 Å². The molecule has 1 aromatic carbocycles. The van der Waals surface area contributed by atoms with E-state index < -0.39 is 6.04 Å². The highest BCUT2D eigenvalue weighted by molar-refractivity contribution is 14.1. The van der Waals surface area contributed by atoms with E-state index in [2.05, 4.69) is 27.9 Å². The van der Waals surface area contributed by atoms with Crippen molar-refractivity contribution in [1.29, 1.82) is 0 Å². The van der Waals surface area contributed by atoms with Gasteiger partial charge in [-0.25, -0.2) is 0 Å². The maximum atomic E-state index is 12.5. The zero-order valence-corrected chi connectivity index (χ0v) is 13.4. The first-order valence-corrected chi connectivity index (χ1v) is 7.23. The molecule has 1 aromatic rings. The van der Waals surface area contributed by atoms with Gasteiger partial charge < -0.3 is 10.2 Å². The molecular formula is C14H17IN2O2. The average molecular weight is 372 g/mol. The van der Waals surface area contributed by atoms with Gasteiger partial charge in [0.2, 0.25) is 5.91 Å². The highest BCUT2D eigenvalue weighted by Crippen LogP contribution is 2.26. The third-order valence-corrected chi connectivity index (χ3v) is 3.84. The molecule has 4 nitrogen and oxygen atoms in total. The number of hydrogen-bond donors (Lipinski definition) is 1. The fourth-order valence-electron chi connectivity index (χ4n) is 2.07. The summed E-state index contributed by atoms with van der Waals surface area (Å²) in [7, 11) is 0. The average Bonchev–Trinajstić information content (AvgIpc) is 2.31. The Labute approximate surface area is 126 Å². The monoisotopic (exact) mass is 372 g/mol. The van der Waals surface area contributed by atoms with Crippen LogP contribution < -0.4 is 10.2 Å². The van der Waals surface area contributed by atoms with Crippen molar-refractivity contribution in [3.63, 3.8) is 0 Å². The minimum absolute atomic E-state index is 0.0479. The van der Waals surface area contributed by atoms with Crippen molar-refractivity contribution in [3.8, 4) is 0 Å². The fourth-order valence-corrected chi connectivity index (χ4v) is 2.43. The van der Waals surface area contributed by atoms with Crippen LogP contribution >= 0.6 is 22.6 Å². The van der Waals surface area contributed by atoms with E-state index in [9.17, 15) is 9.59 Å². The highest BCUT2D eigenvalue weighted by atomic mass is 127. The molecular weight excluding hydrogens is 355 g/mol. The quantitative estimate of drug-likeness (QED) is 0.769. The molecule has 1 unspecified atom stereocenters. The topological polar surface area (TPSA) is 49.4 Å². The molecule has 1 atom stereocenters. The van der Waals surface area contributed by atoms with Gasteiger partial charge in [0.15, 0.2) is 0 Å². The van der Waals surface area contributed by atoms with Gasteiger partial charge in [0.1, 0.15) is 12.6 Å². The summed E-state index contributed by atoms with van der Waals surface area (Å²) in [5, 5.41) is 2.79. The van der Waals surface area contributed by atoms with Gasteiger partial charge in [-0.15, -0.1) is 0 Å². The summed E-state index contributed by atoms with van der Waals surface area (Å²) in [5.74, 6) is -0.161. The van der Waals surface area contributed by atoms with Crippen molar-refractivity contribution >= 4 is 40.1 Å². The Morgan fingerprint density at radius 3 is 2.32 bits per heavy atom. The fraction of sp³-hybridized carbons (Fsp3) is 0.429. The van der Waals surface area contributed by atoms with Gasteiger partial charge in [-0.05, 0) is 52.3 Å². The van der Waals surface area contributed by atoms with Crippen LogP contribution in [0.2, 0.25) is 0 Å². The van der Waals surface area contributed by atoms with E-state index in [4.69, 9.17) is 0 Å². The van der Waals surface area contributed by atoms with Crippen molar-refractivity contribution in [2.45, 2.75) is 26.8 Å². The van der Waals surface area contributed by atoms with E-state index in [1.165, 1.54) is 0 Å². The zero-order valence-electron chi connectivity index (χ0n) is 11.2. The Morgan fingerprint density at radius 1 is 1.21 bits per heavy atom. The van der Waals surface area contributed by atoms with Gasteiger partial charge in [-0.1, -0.05) is 20.8 Å². The molecule has 2 amide bonds. The largest absolute Gasteiger partial charge is 0.342 e. The molecule has 0 bridgehead atoms. The van der Waals surface area contributed by atoms with Gasteiger partial charge >= 0.3 is 0 Å². The number of benzene rings is 1. The van der Waals surface area contributed by atoms with Crippen LogP contribution in [0, 0.1) is 8.99 Å². The molecule has 0 aromatic heterocycles. The Balaban J connectivity index is 2.32. The summed E-state index contributed by atoms with van der Waals surface area (Å²) in [6.45, 7) is 5.94. The smallest absolute Gasteiger partial charge is 0.250 e. The molecule has 0 radical (unpaired) electrons. The number of rotatable bonds is 1. The van der Waals surface area contributed by atoms with Gasteiger partial charge in [0.25, 0.3) is 5.91 Å². The Kier molecular flexibility index (Phi) is 3.85. The zero-order chi connectivity index (χ0) is 14.2. The SMILES string of the molecule is CC(C)(C)C1NC(=O)CN(c2ccc(I)cc2)C1=O. The predicted molar refractivity (Wildman–Crippen MR) is 82.9 cm³/mol. The highest BCUT2D eigenvalue weighted by Gasteiger charge is 2.40. The Hall–Kier alpha value is -1.11. The van der Waals surface area contributed by atoms with Gasteiger partial charge in [0.05, 0.1) is 0 Å². The van der Waals surface area contributed by atoms with Crippen LogP contribution in [0.25, 0.3) is 0 Å². The molecule has 1 fully saturated rings. The summed E-state index contributed by atoms with van der Waals surface area (Å²) in [5.41, 5.74) is 0.476. The summed E-state index contributed by atoms with van der Waals surface area (Å²) in [6.07, 6.45) is 0. The second-order valence-electron chi connectivity index (χ2n) is 5.77. The minimum atomic E-state index is -0.479. The predicted octanol–water partition coefficient (Wildman–Crippen LogP) is 2.17. The second kappa shape index (κ2) is 5.11. The molecule has 2 rings (SSSR count). The number of nitrogens with zero attached hydrogens (tertiary/aromatic N) is 1. The maximum absolute atomic E-state index is 12.5. The number of amides is 2. The van der Waals surface area contributed by atoms with Crippen molar-refractivity contribution < 1.29 is 9.59 Å². The second-order valence-corrected chi connectivity index (χ2v) is 7.01. The van der Waals surface area contributed by atoms with Crippen molar-refractivity contribution in [1.82, 2.24) is 5.32 Å². The van der Waals surface area contributed by atoms with Crippen molar-refractivity contribution in [2.75, 3.05) is 11.4 Å².